The quantitative estimate of drug-likeness (QED) is 0.714. The van der Waals surface area contributed by atoms with E-state index in [9.17, 15) is 9.59 Å². The molecule has 6 nitrogen and oxygen atoms in total. The molecular weight excluding hydrogens is 352 g/mol. The number of pyridine rings is 2. The fourth-order valence-corrected chi connectivity index (χ4v) is 3.30. The Bertz CT molecular complexity index is 1090. The van der Waals surface area contributed by atoms with E-state index >= 15 is 0 Å². The SMILES string of the molecule is CN(Cc1cccc2ncccc12)C(=O)/C=C/c1cnc2c(c1)CCC(=O)N2. The highest BCUT2D eigenvalue weighted by Crippen LogP contribution is 2.21. The van der Waals surface area contributed by atoms with Gasteiger partial charge in [-0.15, -0.1) is 0 Å². The molecule has 28 heavy (non-hydrogen) atoms. The van der Waals surface area contributed by atoms with Crippen LogP contribution in [0.25, 0.3) is 17.0 Å². The molecule has 3 aromatic rings. The molecule has 0 radical (unpaired) electrons. The summed E-state index contributed by atoms with van der Waals surface area (Å²) in [6, 6.07) is 11.8. The van der Waals surface area contributed by atoms with Crippen LogP contribution in [0.15, 0.2) is 54.9 Å². The number of anilines is 1. The van der Waals surface area contributed by atoms with Gasteiger partial charge < -0.3 is 10.2 Å². The van der Waals surface area contributed by atoms with Gasteiger partial charge in [-0.05, 0) is 47.4 Å². The normalized spacial score (nSPS) is 13.4. The van der Waals surface area contributed by atoms with E-state index in [0.29, 0.717) is 25.2 Å². The Kier molecular flexibility index (Phi) is 4.85. The second-order valence-electron chi connectivity index (χ2n) is 6.84. The summed E-state index contributed by atoms with van der Waals surface area (Å²) < 4.78 is 0. The number of aryl methyl sites for hydroxylation is 1. The zero-order chi connectivity index (χ0) is 19.5. The monoisotopic (exact) mass is 372 g/mol. The van der Waals surface area contributed by atoms with Gasteiger partial charge in [-0.3, -0.25) is 14.6 Å². The first-order valence-electron chi connectivity index (χ1n) is 9.15. The predicted octanol–water partition coefficient (Wildman–Crippen LogP) is 3.19. The minimum Gasteiger partial charge on any atom is -0.338 e. The van der Waals surface area contributed by atoms with Crippen molar-refractivity contribution < 1.29 is 9.59 Å². The average molecular weight is 372 g/mol. The lowest BCUT2D eigenvalue weighted by Gasteiger charge is -2.17. The van der Waals surface area contributed by atoms with E-state index < -0.39 is 0 Å². The molecule has 6 heteroatoms. The van der Waals surface area contributed by atoms with Crippen LogP contribution in [-0.2, 0) is 22.6 Å². The lowest BCUT2D eigenvalue weighted by Crippen LogP contribution is -2.24. The van der Waals surface area contributed by atoms with Gasteiger partial charge in [-0.25, -0.2) is 4.98 Å². The number of nitrogens with zero attached hydrogens (tertiary/aromatic N) is 3. The summed E-state index contributed by atoms with van der Waals surface area (Å²) in [5.41, 5.74) is 3.81. The maximum Gasteiger partial charge on any atom is 0.246 e. The number of carbonyl (C=O) groups excluding carboxylic acids is 2. The summed E-state index contributed by atoms with van der Waals surface area (Å²) in [5, 5.41) is 3.81. The molecule has 140 valence electrons. The Morgan fingerprint density at radius 1 is 1.21 bits per heavy atom. The van der Waals surface area contributed by atoms with Crippen molar-refractivity contribution in [2.45, 2.75) is 19.4 Å². The number of likely N-dealkylation sites (N-methyl/N-ethyl adjacent to an activating group) is 1. The molecule has 4 rings (SSSR count). The Labute approximate surface area is 162 Å². The van der Waals surface area contributed by atoms with Gasteiger partial charge in [0, 0.05) is 43.9 Å². The molecular formula is C22H20N4O2. The third-order valence-corrected chi connectivity index (χ3v) is 4.81. The molecule has 0 atom stereocenters. The molecule has 2 aromatic heterocycles. The zero-order valence-electron chi connectivity index (χ0n) is 15.6. The molecule has 0 aliphatic carbocycles. The Balaban J connectivity index is 1.46. The van der Waals surface area contributed by atoms with Crippen LogP contribution in [0.1, 0.15) is 23.1 Å². The summed E-state index contributed by atoms with van der Waals surface area (Å²) >= 11 is 0. The largest absolute Gasteiger partial charge is 0.338 e. The first kappa shape index (κ1) is 17.9. The summed E-state index contributed by atoms with van der Waals surface area (Å²) in [6.45, 7) is 0.501. The van der Waals surface area contributed by atoms with E-state index in [-0.39, 0.29) is 11.8 Å². The van der Waals surface area contributed by atoms with E-state index in [1.807, 2.05) is 36.4 Å². The molecule has 3 heterocycles. The van der Waals surface area contributed by atoms with Gasteiger partial charge in [-0.2, -0.15) is 0 Å². The molecule has 1 N–H and O–H groups in total. The molecule has 2 amide bonds. The zero-order valence-corrected chi connectivity index (χ0v) is 15.6. The Hall–Kier alpha value is -3.54. The Morgan fingerprint density at radius 2 is 2.11 bits per heavy atom. The molecule has 0 saturated carbocycles. The third-order valence-electron chi connectivity index (χ3n) is 4.81. The van der Waals surface area contributed by atoms with Crippen LogP contribution in [-0.4, -0.2) is 33.7 Å². The topological polar surface area (TPSA) is 75.2 Å². The van der Waals surface area contributed by atoms with E-state index in [0.717, 1.165) is 27.6 Å². The van der Waals surface area contributed by atoms with E-state index in [2.05, 4.69) is 15.3 Å². The van der Waals surface area contributed by atoms with Crippen LogP contribution >= 0.6 is 0 Å². The van der Waals surface area contributed by atoms with Crippen LogP contribution in [0.5, 0.6) is 0 Å². The number of hydrogen-bond donors (Lipinski definition) is 1. The molecule has 1 aliphatic rings. The number of carbonyl (C=O) groups is 2. The maximum absolute atomic E-state index is 12.5. The highest BCUT2D eigenvalue weighted by atomic mass is 16.2. The van der Waals surface area contributed by atoms with Crippen molar-refractivity contribution in [2.75, 3.05) is 12.4 Å². The van der Waals surface area contributed by atoms with Gasteiger partial charge in [0.25, 0.3) is 0 Å². The molecule has 0 unspecified atom stereocenters. The minimum atomic E-state index is -0.0908. The van der Waals surface area contributed by atoms with E-state index in [4.69, 9.17) is 0 Å². The molecule has 0 spiro atoms. The van der Waals surface area contributed by atoms with Gasteiger partial charge in [0.15, 0.2) is 0 Å². The number of aromatic nitrogens is 2. The van der Waals surface area contributed by atoms with Crippen molar-refractivity contribution in [2.24, 2.45) is 0 Å². The van der Waals surface area contributed by atoms with Crippen LogP contribution in [0, 0.1) is 0 Å². The van der Waals surface area contributed by atoms with Crippen molar-refractivity contribution in [3.05, 3.63) is 71.6 Å². The van der Waals surface area contributed by atoms with Crippen molar-refractivity contribution >= 4 is 34.6 Å². The van der Waals surface area contributed by atoms with Crippen molar-refractivity contribution in [1.29, 1.82) is 0 Å². The molecule has 0 fully saturated rings. The number of benzene rings is 1. The number of fused-ring (bicyclic) bond motifs is 2. The van der Waals surface area contributed by atoms with Crippen LogP contribution in [0.3, 0.4) is 0 Å². The first-order chi connectivity index (χ1) is 13.6. The van der Waals surface area contributed by atoms with Gasteiger partial charge in [0.05, 0.1) is 5.52 Å². The highest BCUT2D eigenvalue weighted by Gasteiger charge is 2.15. The average Bonchev–Trinajstić information content (AvgIpc) is 2.72. The second-order valence-corrected chi connectivity index (χ2v) is 6.84. The molecule has 1 aliphatic heterocycles. The summed E-state index contributed by atoms with van der Waals surface area (Å²) in [7, 11) is 1.78. The van der Waals surface area contributed by atoms with Crippen molar-refractivity contribution in [3.8, 4) is 0 Å². The molecule has 1 aromatic carbocycles. The van der Waals surface area contributed by atoms with Crippen molar-refractivity contribution in [1.82, 2.24) is 14.9 Å². The predicted molar refractivity (Wildman–Crippen MR) is 108 cm³/mol. The maximum atomic E-state index is 12.5. The van der Waals surface area contributed by atoms with Crippen LogP contribution in [0.4, 0.5) is 5.82 Å². The smallest absolute Gasteiger partial charge is 0.246 e. The fourth-order valence-electron chi connectivity index (χ4n) is 3.30. The summed E-state index contributed by atoms with van der Waals surface area (Å²) in [5.74, 6) is 0.511. The number of rotatable bonds is 4. The van der Waals surface area contributed by atoms with Gasteiger partial charge in [0.2, 0.25) is 11.8 Å². The van der Waals surface area contributed by atoms with E-state index in [1.54, 1.807) is 36.5 Å². The highest BCUT2D eigenvalue weighted by molar-refractivity contribution is 5.94. The first-order valence-corrected chi connectivity index (χ1v) is 9.15. The minimum absolute atomic E-state index is 0.0104. The lowest BCUT2D eigenvalue weighted by molar-refractivity contribution is -0.125. The van der Waals surface area contributed by atoms with Crippen LogP contribution in [0.2, 0.25) is 0 Å². The van der Waals surface area contributed by atoms with Crippen LogP contribution < -0.4 is 5.32 Å². The summed E-state index contributed by atoms with van der Waals surface area (Å²) in [4.78, 5) is 34.3. The van der Waals surface area contributed by atoms with Gasteiger partial charge in [-0.1, -0.05) is 18.2 Å². The van der Waals surface area contributed by atoms with E-state index in [1.165, 1.54) is 0 Å². The number of hydrogen-bond acceptors (Lipinski definition) is 4. The standard InChI is InChI=1S/C22H20N4O2/c1-26(14-17-4-2-6-19-18(17)5-3-11-23-19)21(28)10-7-15-12-16-8-9-20(27)25-22(16)24-13-15/h2-7,10-13H,8-9,14H2,1H3,(H,24,25,27)/b10-7+. The lowest BCUT2D eigenvalue weighted by atomic mass is 10.0. The molecule has 0 bridgehead atoms. The Morgan fingerprint density at radius 3 is 3.00 bits per heavy atom. The molecule has 0 saturated heterocycles. The van der Waals surface area contributed by atoms with Crippen molar-refractivity contribution in [3.63, 3.8) is 0 Å². The van der Waals surface area contributed by atoms with Gasteiger partial charge in [0.1, 0.15) is 5.82 Å². The fraction of sp³-hybridized carbons (Fsp3) is 0.182. The summed E-state index contributed by atoms with van der Waals surface area (Å²) in [6.07, 6.45) is 7.86. The second kappa shape index (κ2) is 7.60. The van der Waals surface area contributed by atoms with Gasteiger partial charge >= 0.3 is 0 Å². The number of nitrogens with one attached hydrogen (secondary N) is 1. The third kappa shape index (κ3) is 3.76. The number of amides is 2.